The maximum absolute atomic E-state index is 11.4. The van der Waals surface area contributed by atoms with Crippen molar-refractivity contribution in [2.45, 2.75) is 19.1 Å². The lowest BCUT2D eigenvalue weighted by Gasteiger charge is -2.15. The van der Waals surface area contributed by atoms with E-state index in [0.29, 0.717) is 18.1 Å². The van der Waals surface area contributed by atoms with Gasteiger partial charge in [-0.1, -0.05) is 36.4 Å². The van der Waals surface area contributed by atoms with E-state index in [-0.39, 0.29) is 12.4 Å². The highest BCUT2D eigenvalue weighted by molar-refractivity contribution is 5.70. The summed E-state index contributed by atoms with van der Waals surface area (Å²) in [5.74, 6) is 0.865. The number of nitrogens with two attached hydrogens (primary N) is 1. The van der Waals surface area contributed by atoms with Crippen LogP contribution in [-0.2, 0) is 16.1 Å². The Morgan fingerprint density at radius 3 is 2.48 bits per heavy atom. The van der Waals surface area contributed by atoms with Gasteiger partial charge in [-0.25, -0.2) is 0 Å². The molecule has 0 bridgehead atoms. The van der Waals surface area contributed by atoms with E-state index >= 15 is 0 Å². The van der Waals surface area contributed by atoms with Gasteiger partial charge in [0.2, 0.25) is 0 Å². The van der Waals surface area contributed by atoms with E-state index < -0.39 is 6.04 Å². The molecular weight excluding hydrogens is 294 g/mol. The molecule has 5 nitrogen and oxygen atoms in total. The molecule has 0 aliphatic rings. The molecule has 0 heterocycles. The average Bonchev–Trinajstić information content (AvgIpc) is 2.60. The third kappa shape index (κ3) is 4.72. The summed E-state index contributed by atoms with van der Waals surface area (Å²) in [7, 11) is 2.93. The molecule has 0 fully saturated rings. The molecule has 2 N–H and O–H groups in total. The fourth-order valence-corrected chi connectivity index (χ4v) is 2.15. The van der Waals surface area contributed by atoms with Crippen LogP contribution < -0.4 is 15.2 Å². The molecule has 0 aliphatic heterocycles. The molecule has 1 unspecified atom stereocenters. The minimum atomic E-state index is -0.451. The lowest BCUT2D eigenvalue weighted by molar-refractivity contribution is -0.141. The molecule has 0 aliphatic carbocycles. The maximum atomic E-state index is 11.4. The second kappa shape index (κ2) is 8.19. The first kappa shape index (κ1) is 16.8. The lowest BCUT2D eigenvalue weighted by atomic mass is 10.0. The molecule has 2 aromatic rings. The molecule has 2 rings (SSSR count). The molecular formula is C18H21NO4. The van der Waals surface area contributed by atoms with Crippen LogP contribution in [0, 0.1) is 0 Å². The van der Waals surface area contributed by atoms with Crippen molar-refractivity contribution in [2.75, 3.05) is 14.2 Å². The molecule has 5 heteroatoms. The number of carbonyl (C=O) groups is 1. The van der Waals surface area contributed by atoms with Gasteiger partial charge in [0, 0.05) is 6.04 Å². The van der Waals surface area contributed by atoms with Gasteiger partial charge in [-0.15, -0.1) is 0 Å². The predicted octanol–water partition coefficient (Wildman–Crippen LogP) is 2.84. The molecule has 0 spiro atoms. The Kier molecular flexibility index (Phi) is 6.00. The van der Waals surface area contributed by atoms with Gasteiger partial charge >= 0.3 is 5.97 Å². The number of benzene rings is 2. The monoisotopic (exact) mass is 315 g/mol. The van der Waals surface area contributed by atoms with Crippen molar-refractivity contribution in [1.29, 1.82) is 0 Å². The van der Waals surface area contributed by atoms with Crippen LogP contribution in [0.1, 0.15) is 23.6 Å². The Morgan fingerprint density at radius 2 is 1.83 bits per heavy atom. The van der Waals surface area contributed by atoms with Crippen LogP contribution in [0.15, 0.2) is 48.5 Å². The van der Waals surface area contributed by atoms with Gasteiger partial charge in [-0.2, -0.15) is 0 Å². The average molecular weight is 315 g/mol. The van der Waals surface area contributed by atoms with Gasteiger partial charge in [0.15, 0.2) is 11.5 Å². The minimum Gasteiger partial charge on any atom is -0.493 e. The minimum absolute atomic E-state index is 0.112. The quantitative estimate of drug-likeness (QED) is 0.796. The van der Waals surface area contributed by atoms with E-state index in [2.05, 4.69) is 4.74 Å². The SMILES string of the molecule is COC(=O)CC(N)c1ccc(OC)c(OCc2ccccc2)c1. The van der Waals surface area contributed by atoms with Crippen molar-refractivity contribution in [3.8, 4) is 11.5 Å². The Bertz CT molecular complexity index is 643. The second-order valence-electron chi connectivity index (χ2n) is 5.07. The van der Waals surface area contributed by atoms with E-state index in [1.807, 2.05) is 36.4 Å². The first-order valence-corrected chi connectivity index (χ1v) is 7.31. The summed E-state index contributed by atoms with van der Waals surface area (Å²) in [5.41, 5.74) is 7.89. The zero-order valence-electron chi connectivity index (χ0n) is 13.3. The third-order valence-corrected chi connectivity index (χ3v) is 3.47. The van der Waals surface area contributed by atoms with Crippen molar-refractivity contribution in [3.63, 3.8) is 0 Å². The Labute approximate surface area is 136 Å². The van der Waals surface area contributed by atoms with Crippen LogP contribution in [0.4, 0.5) is 0 Å². The molecule has 122 valence electrons. The number of ether oxygens (including phenoxy) is 3. The standard InChI is InChI=1S/C18H21NO4/c1-21-16-9-8-14(15(19)11-18(20)22-2)10-17(16)23-12-13-6-4-3-5-7-13/h3-10,15H,11-12,19H2,1-2H3. The molecule has 0 saturated heterocycles. The summed E-state index contributed by atoms with van der Waals surface area (Å²) in [4.78, 5) is 11.4. The summed E-state index contributed by atoms with van der Waals surface area (Å²) in [6.45, 7) is 0.424. The molecule has 0 aromatic heterocycles. The van der Waals surface area contributed by atoms with Crippen LogP contribution in [0.25, 0.3) is 0 Å². The Morgan fingerprint density at radius 1 is 1.09 bits per heavy atom. The number of methoxy groups -OCH3 is 2. The van der Waals surface area contributed by atoms with E-state index in [1.54, 1.807) is 19.2 Å². The maximum Gasteiger partial charge on any atom is 0.307 e. The Balaban J connectivity index is 2.13. The summed E-state index contributed by atoms with van der Waals surface area (Å²) in [6, 6.07) is 14.8. The number of hydrogen-bond donors (Lipinski definition) is 1. The van der Waals surface area contributed by atoms with Crippen molar-refractivity contribution in [1.82, 2.24) is 0 Å². The van der Waals surface area contributed by atoms with Crippen LogP contribution in [-0.4, -0.2) is 20.2 Å². The summed E-state index contributed by atoms with van der Waals surface area (Å²) in [5, 5.41) is 0. The van der Waals surface area contributed by atoms with E-state index in [9.17, 15) is 4.79 Å². The fraction of sp³-hybridized carbons (Fsp3) is 0.278. The number of rotatable bonds is 7. The molecule has 23 heavy (non-hydrogen) atoms. The summed E-state index contributed by atoms with van der Waals surface area (Å²) >= 11 is 0. The van der Waals surface area contributed by atoms with Gasteiger partial charge in [-0.05, 0) is 23.3 Å². The highest BCUT2D eigenvalue weighted by Gasteiger charge is 2.15. The highest BCUT2D eigenvalue weighted by Crippen LogP contribution is 2.31. The number of esters is 1. The summed E-state index contributed by atoms with van der Waals surface area (Å²) in [6.07, 6.45) is 0.112. The largest absolute Gasteiger partial charge is 0.493 e. The van der Waals surface area contributed by atoms with Crippen molar-refractivity contribution < 1.29 is 19.0 Å². The molecule has 0 amide bonds. The Hall–Kier alpha value is -2.53. The number of carbonyl (C=O) groups excluding carboxylic acids is 1. The van der Waals surface area contributed by atoms with Gasteiger partial charge in [0.05, 0.1) is 20.6 Å². The van der Waals surface area contributed by atoms with Crippen molar-refractivity contribution >= 4 is 5.97 Å². The first-order valence-electron chi connectivity index (χ1n) is 7.31. The van der Waals surface area contributed by atoms with E-state index in [1.165, 1.54) is 7.11 Å². The highest BCUT2D eigenvalue weighted by atomic mass is 16.5. The molecule has 0 saturated carbocycles. The van der Waals surface area contributed by atoms with Crippen LogP contribution >= 0.6 is 0 Å². The zero-order chi connectivity index (χ0) is 16.7. The smallest absolute Gasteiger partial charge is 0.307 e. The molecule has 0 radical (unpaired) electrons. The van der Waals surface area contributed by atoms with Gasteiger partial charge < -0.3 is 19.9 Å². The second-order valence-corrected chi connectivity index (χ2v) is 5.07. The van der Waals surface area contributed by atoms with Gasteiger partial charge in [0.25, 0.3) is 0 Å². The summed E-state index contributed by atoms with van der Waals surface area (Å²) < 4.78 is 15.8. The predicted molar refractivity (Wildman–Crippen MR) is 87.3 cm³/mol. The third-order valence-electron chi connectivity index (χ3n) is 3.47. The van der Waals surface area contributed by atoms with Gasteiger partial charge in [-0.3, -0.25) is 4.79 Å². The first-order chi connectivity index (χ1) is 11.1. The zero-order valence-corrected chi connectivity index (χ0v) is 13.3. The topological polar surface area (TPSA) is 70.8 Å². The lowest BCUT2D eigenvalue weighted by Crippen LogP contribution is -2.16. The molecule has 2 aromatic carbocycles. The van der Waals surface area contributed by atoms with Gasteiger partial charge in [0.1, 0.15) is 6.61 Å². The normalized spacial score (nSPS) is 11.6. The van der Waals surface area contributed by atoms with Crippen LogP contribution in [0.5, 0.6) is 11.5 Å². The van der Waals surface area contributed by atoms with Crippen molar-refractivity contribution in [2.24, 2.45) is 5.73 Å². The van der Waals surface area contributed by atoms with Crippen molar-refractivity contribution in [3.05, 3.63) is 59.7 Å². The van der Waals surface area contributed by atoms with Crippen LogP contribution in [0.2, 0.25) is 0 Å². The van der Waals surface area contributed by atoms with E-state index in [4.69, 9.17) is 15.2 Å². The van der Waals surface area contributed by atoms with E-state index in [0.717, 1.165) is 11.1 Å². The molecule has 1 atom stereocenters. The number of hydrogen-bond acceptors (Lipinski definition) is 5. The van der Waals surface area contributed by atoms with Crippen LogP contribution in [0.3, 0.4) is 0 Å². The fourth-order valence-electron chi connectivity index (χ4n) is 2.15.